The van der Waals surface area contributed by atoms with Crippen molar-refractivity contribution in [3.63, 3.8) is 0 Å². The van der Waals surface area contributed by atoms with Gasteiger partial charge < -0.3 is 25.0 Å². The number of hydrogen-bond acceptors (Lipinski definition) is 6. The summed E-state index contributed by atoms with van der Waals surface area (Å²) in [4.78, 5) is 29.2. The normalized spacial score (nSPS) is 15.2. The second-order valence-electron chi connectivity index (χ2n) is 9.97. The highest BCUT2D eigenvalue weighted by Crippen LogP contribution is 2.37. The molecule has 1 aliphatic heterocycles. The average Bonchev–Trinajstić information content (AvgIpc) is 2.57. The van der Waals surface area contributed by atoms with Gasteiger partial charge in [-0.05, 0) is 79.0 Å². The summed E-state index contributed by atoms with van der Waals surface area (Å²) in [6.45, 7) is 19.3. The first-order valence-electron chi connectivity index (χ1n) is 10.5. The van der Waals surface area contributed by atoms with Crippen molar-refractivity contribution in [3.8, 4) is 0 Å². The second kappa shape index (κ2) is 8.36. The maximum absolute atomic E-state index is 12.9. The first-order chi connectivity index (χ1) is 13.6. The molecule has 1 heterocycles. The van der Waals surface area contributed by atoms with Crippen molar-refractivity contribution < 1.29 is 19.1 Å². The van der Waals surface area contributed by atoms with Crippen molar-refractivity contribution in [3.05, 3.63) is 22.3 Å². The molecule has 2 N–H and O–H groups in total. The Morgan fingerprint density at radius 3 is 1.77 bits per heavy atom. The van der Waals surface area contributed by atoms with E-state index in [0.717, 1.165) is 22.4 Å². The number of nitrogens with zero attached hydrogens (tertiary/aromatic N) is 2. The number of anilines is 2. The minimum Gasteiger partial charge on any atom is -0.456 e. The molecule has 7 nitrogen and oxygen atoms in total. The van der Waals surface area contributed by atoms with E-state index < -0.39 is 11.2 Å². The maximum atomic E-state index is 12.9. The molecule has 0 saturated carbocycles. The van der Waals surface area contributed by atoms with Crippen LogP contribution in [0.2, 0.25) is 0 Å². The number of carbonyl (C=O) groups excluding carboxylic acids is 2. The van der Waals surface area contributed by atoms with Crippen molar-refractivity contribution >= 4 is 23.4 Å². The summed E-state index contributed by atoms with van der Waals surface area (Å²) in [6, 6.07) is 0. The number of piperazine rings is 1. The van der Waals surface area contributed by atoms with E-state index in [1.54, 1.807) is 4.90 Å². The van der Waals surface area contributed by atoms with Gasteiger partial charge >= 0.3 is 12.1 Å². The summed E-state index contributed by atoms with van der Waals surface area (Å²) in [5, 5.41) is 0. The lowest BCUT2D eigenvalue weighted by Crippen LogP contribution is -2.50. The van der Waals surface area contributed by atoms with Gasteiger partial charge in [-0.2, -0.15) is 0 Å². The van der Waals surface area contributed by atoms with E-state index in [9.17, 15) is 9.59 Å². The first kappa shape index (κ1) is 23.8. The van der Waals surface area contributed by atoms with Crippen LogP contribution in [0.15, 0.2) is 0 Å². The molecular weight excluding hydrogens is 382 g/mol. The largest absolute Gasteiger partial charge is 0.456 e. The molecular formula is C23H37N3O4. The summed E-state index contributed by atoms with van der Waals surface area (Å²) < 4.78 is 11.1. The lowest BCUT2D eigenvalue weighted by atomic mass is 9.93. The summed E-state index contributed by atoms with van der Waals surface area (Å²) in [5.74, 6) is -0.363. The number of esters is 1. The molecule has 1 aromatic rings. The predicted octanol–water partition coefficient (Wildman–Crippen LogP) is 4.21. The van der Waals surface area contributed by atoms with Gasteiger partial charge in [-0.25, -0.2) is 9.59 Å². The molecule has 1 saturated heterocycles. The Morgan fingerprint density at radius 2 is 1.30 bits per heavy atom. The number of nitrogen functional groups attached to an aromatic ring is 1. The molecule has 0 atom stereocenters. The highest BCUT2D eigenvalue weighted by molar-refractivity contribution is 5.97. The summed E-state index contributed by atoms with van der Waals surface area (Å²) >= 11 is 0. The molecule has 2 rings (SSSR count). The smallest absolute Gasteiger partial charge is 0.410 e. The molecule has 1 aliphatic rings. The number of nitrogens with two attached hydrogens (primary N) is 1. The number of rotatable bonds is 2. The molecule has 0 radical (unpaired) electrons. The fraction of sp³-hybridized carbons (Fsp3) is 0.652. The third-order valence-electron chi connectivity index (χ3n) is 5.12. The molecule has 7 heteroatoms. The second-order valence-corrected chi connectivity index (χ2v) is 9.97. The molecule has 1 aromatic carbocycles. The Labute approximate surface area is 180 Å². The quantitative estimate of drug-likeness (QED) is 0.571. The van der Waals surface area contributed by atoms with Crippen LogP contribution in [0.3, 0.4) is 0 Å². The number of hydrogen-bond donors (Lipinski definition) is 1. The van der Waals surface area contributed by atoms with E-state index >= 15 is 0 Å². The molecule has 0 aliphatic carbocycles. The fourth-order valence-corrected chi connectivity index (χ4v) is 3.77. The van der Waals surface area contributed by atoms with E-state index in [1.165, 1.54) is 0 Å². The Bertz CT molecular complexity index is 827. The zero-order valence-electron chi connectivity index (χ0n) is 19.9. The van der Waals surface area contributed by atoms with Crippen LogP contribution in [0.1, 0.15) is 68.6 Å². The van der Waals surface area contributed by atoms with Gasteiger partial charge in [0.05, 0.1) is 5.56 Å². The molecule has 30 heavy (non-hydrogen) atoms. The lowest BCUT2D eigenvalue weighted by Gasteiger charge is -2.38. The van der Waals surface area contributed by atoms with Gasteiger partial charge in [0, 0.05) is 37.6 Å². The Morgan fingerprint density at radius 1 is 0.800 bits per heavy atom. The van der Waals surface area contributed by atoms with Crippen molar-refractivity contribution in [2.45, 2.75) is 73.5 Å². The topological polar surface area (TPSA) is 85.1 Å². The highest BCUT2D eigenvalue weighted by atomic mass is 16.6. The van der Waals surface area contributed by atoms with Crippen LogP contribution in [-0.4, -0.2) is 54.3 Å². The zero-order chi connectivity index (χ0) is 23.0. The van der Waals surface area contributed by atoms with Crippen molar-refractivity contribution in [1.82, 2.24) is 4.90 Å². The van der Waals surface area contributed by atoms with E-state index in [2.05, 4.69) is 4.90 Å². The van der Waals surface area contributed by atoms with Gasteiger partial charge in [0.15, 0.2) is 0 Å². The highest BCUT2D eigenvalue weighted by Gasteiger charge is 2.30. The molecule has 0 bridgehead atoms. The number of amides is 1. The Balaban J connectivity index is 2.31. The molecule has 0 aromatic heterocycles. The third kappa shape index (κ3) is 5.37. The van der Waals surface area contributed by atoms with Crippen LogP contribution in [0.25, 0.3) is 0 Å². The van der Waals surface area contributed by atoms with Crippen molar-refractivity contribution in [2.24, 2.45) is 0 Å². The van der Waals surface area contributed by atoms with Gasteiger partial charge in [0.2, 0.25) is 0 Å². The van der Waals surface area contributed by atoms with Gasteiger partial charge in [-0.15, -0.1) is 0 Å². The molecule has 168 valence electrons. The van der Waals surface area contributed by atoms with Crippen LogP contribution in [0, 0.1) is 20.8 Å². The zero-order valence-corrected chi connectivity index (χ0v) is 19.9. The number of ether oxygens (including phenoxy) is 2. The average molecular weight is 420 g/mol. The standard InChI is InChI=1S/C23H37N3O4/c1-14-17(20(27)29-22(4,5)6)15(2)19(16(3)18(14)24)25-10-12-26(13-11-25)21(28)30-23(7,8)9/h10-13,24H2,1-9H3. The van der Waals surface area contributed by atoms with E-state index in [1.807, 2.05) is 62.3 Å². The Hall–Kier alpha value is -2.44. The maximum Gasteiger partial charge on any atom is 0.410 e. The van der Waals surface area contributed by atoms with Gasteiger partial charge in [-0.1, -0.05) is 0 Å². The van der Waals surface area contributed by atoms with Crippen LogP contribution >= 0.6 is 0 Å². The van der Waals surface area contributed by atoms with Crippen molar-refractivity contribution in [1.29, 1.82) is 0 Å². The number of carbonyl (C=O) groups is 2. The van der Waals surface area contributed by atoms with Crippen LogP contribution in [0.5, 0.6) is 0 Å². The van der Waals surface area contributed by atoms with Crippen LogP contribution in [-0.2, 0) is 9.47 Å². The van der Waals surface area contributed by atoms with E-state index in [4.69, 9.17) is 15.2 Å². The summed E-state index contributed by atoms with van der Waals surface area (Å²) in [5.41, 5.74) is 9.91. The fourth-order valence-electron chi connectivity index (χ4n) is 3.77. The SMILES string of the molecule is Cc1c(N)c(C)c(N2CCN(C(=O)OC(C)(C)C)CC2)c(C)c1C(=O)OC(C)(C)C. The van der Waals surface area contributed by atoms with Crippen LogP contribution < -0.4 is 10.6 Å². The molecule has 1 fully saturated rings. The predicted molar refractivity (Wildman–Crippen MR) is 120 cm³/mol. The first-order valence-corrected chi connectivity index (χ1v) is 10.5. The van der Waals surface area contributed by atoms with Crippen molar-refractivity contribution in [2.75, 3.05) is 36.8 Å². The van der Waals surface area contributed by atoms with E-state index in [0.29, 0.717) is 37.4 Å². The number of benzene rings is 1. The lowest BCUT2D eigenvalue weighted by molar-refractivity contribution is 0.00675. The molecule has 0 spiro atoms. The van der Waals surface area contributed by atoms with Gasteiger partial charge in [0.1, 0.15) is 11.2 Å². The minimum absolute atomic E-state index is 0.298. The molecule has 1 amide bonds. The van der Waals surface area contributed by atoms with E-state index in [-0.39, 0.29) is 12.1 Å². The summed E-state index contributed by atoms with van der Waals surface area (Å²) in [7, 11) is 0. The third-order valence-corrected chi connectivity index (χ3v) is 5.12. The Kier molecular flexibility index (Phi) is 6.64. The summed E-state index contributed by atoms with van der Waals surface area (Å²) in [6.07, 6.45) is -0.298. The van der Waals surface area contributed by atoms with Crippen LogP contribution in [0.4, 0.5) is 16.2 Å². The minimum atomic E-state index is -0.588. The van der Waals surface area contributed by atoms with Gasteiger partial charge in [-0.3, -0.25) is 0 Å². The molecule has 0 unspecified atom stereocenters. The monoisotopic (exact) mass is 419 g/mol. The van der Waals surface area contributed by atoms with Gasteiger partial charge in [0.25, 0.3) is 0 Å².